The van der Waals surface area contributed by atoms with E-state index in [1.54, 1.807) is 22.7 Å². The van der Waals surface area contributed by atoms with Crippen LogP contribution in [0.25, 0.3) is 9.40 Å². The average Bonchev–Trinajstić information content (AvgIpc) is 2.78. The quantitative estimate of drug-likeness (QED) is 0.712. The lowest BCUT2D eigenvalue weighted by molar-refractivity contribution is 0.0918. The summed E-state index contributed by atoms with van der Waals surface area (Å²) < 4.78 is 2.49. The number of Topliss-reactive ketones (excluding diaryl/α,β-unsaturated/α-hetero) is 1. The number of ketones is 1. The molecule has 15 heavy (non-hydrogen) atoms. The molecule has 1 nitrogen and oxygen atoms in total. The highest BCUT2D eigenvalue weighted by Crippen LogP contribution is 2.32. The first-order chi connectivity index (χ1) is 7.26. The Balaban J connectivity index is 2.30. The van der Waals surface area contributed by atoms with Crippen molar-refractivity contribution in [1.82, 2.24) is 0 Å². The molecule has 0 atom stereocenters. The summed E-state index contributed by atoms with van der Waals surface area (Å²) in [5.41, 5.74) is 0. The molecule has 0 saturated carbocycles. The molecule has 0 aliphatic rings. The Bertz CT molecular complexity index is 434. The highest BCUT2D eigenvalue weighted by Gasteiger charge is 2.18. The first-order valence-corrected chi connectivity index (χ1v) is 6.97. The molecular weight excluding hydrogens is 224 g/mol. The highest BCUT2D eigenvalue weighted by molar-refractivity contribution is 7.27. The van der Waals surface area contributed by atoms with E-state index in [1.807, 2.05) is 6.07 Å². The fraction of sp³-hybridized carbons (Fsp3) is 0.417. The normalized spacial score (nSPS) is 11.4. The number of hydrogen-bond donors (Lipinski definition) is 0. The Morgan fingerprint density at radius 1 is 1.33 bits per heavy atom. The molecule has 0 aromatic carbocycles. The minimum absolute atomic E-state index is 0.206. The summed E-state index contributed by atoms with van der Waals surface area (Å²) in [5, 5.41) is 2.08. The van der Waals surface area contributed by atoms with Crippen LogP contribution >= 0.6 is 22.7 Å². The summed E-state index contributed by atoms with van der Waals surface area (Å²) in [6.45, 7) is 4.17. The van der Waals surface area contributed by atoms with Gasteiger partial charge in [0.25, 0.3) is 0 Å². The summed E-state index contributed by atoms with van der Waals surface area (Å²) in [4.78, 5) is 13.0. The predicted molar refractivity (Wildman–Crippen MR) is 68.1 cm³/mol. The van der Waals surface area contributed by atoms with Gasteiger partial charge in [0.1, 0.15) is 0 Å². The molecule has 0 saturated heterocycles. The fourth-order valence-electron chi connectivity index (χ4n) is 1.75. The molecule has 0 radical (unpaired) electrons. The number of fused-ring (bicyclic) bond motifs is 1. The molecule has 0 aliphatic heterocycles. The van der Waals surface area contributed by atoms with E-state index in [0.29, 0.717) is 5.78 Å². The van der Waals surface area contributed by atoms with Crippen molar-refractivity contribution in [3.63, 3.8) is 0 Å². The van der Waals surface area contributed by atoms with Crippen LogP contribution in [0.5, 0.6) is 0 Å². The van der Waals surface area contributed by atoms with Gasteiger partial charge in [0.15, 0.2) is 5.78 Å². The number of carbonyl (C=O) groups excluding carboxylic acids is 1. The maximum Gasteiger partial charge on any atom is 0.175 e. The van der Waals surface area contributed by atoms with Crippen molar-refractivity contribution in [1.29, 1.82) is 0 Å². The van der Waals surface area contributed by atoms with E-state index in [1.165, 1.54) is 9.40 Å². The molecule has 0 spiro atoms. The Hall–Kier alpha value is -0.670. The minimum atomic E-state index is 0.206. The monoisotopic (exact) mass is 238 g/mol. The third-order valence-electron chi connectivity index (χ3n) is 2.74. The van der Waals surface area contributed by atoms with Gasteiger partial charge in [-0.2, -0.15) is 0 Å². The topological polar surface area (TPSA) is 17.1 Å². The molecule has 2 aromatic rings. The van der Waals surface area contributed by atoms with Gasteiger partial charge < -0.3 is 0 Å². The van der Waals surface area contributed by atoms with E-state index in [4.69, 9.17) is 0 Å². The molecule has 3 heteroatoms. The van der Waals surface area contributed by atoms with Crippen LogP contribution in [-0.2, 0) is 0 Å². The van der Waals surface area contributed by atoms with Crippen molar-refractivity contribution in [2.75, 3.05) is 0 Å². The van der Waals surface area contributed by atoms with Gasteiger partial charge in [0.05, 0.1) is 4.88 Å². The maximum atomic E-state index is 12.1. The Kier molecular flexibility index (Phi) is 3.22. The lowest BCUT2D eigenvalue weighted by Gasteiger charge is -2.08. The molecule has 0 amide bonds. The lowest BCUT2D eigenvalue weighted by Crippen LogP contribution is -2.11. The van der Waals surface area contributed by atoms with Crippen LogP contribution in [0.15, 0.2) is 17.5 Å². The summed E-state index contributed by atoms with van der Waals surface area (Å²) >= 11 is 3.34. The average molecular weight is 238 g/mol. The number of hydrogen-bond acceptors (Lipinski definition) is 3. The summed E-state index contributed by atoms with van der Waals surface area (Å²) in [7, 11) is 0. The van der Waals surface area contributed by atoms with E-state index < -0.39 is 0 Å². The van der Waals surface area contributed by atoms with Crippen LogP contribution in [-0.4, -0.2) is 5.78 Å². The Morgan fingerprint density at radius 2 is 2.07 bits per heavy atom. The number of rotatable bonds is 4. The fourth-order valence-corrected chi connectivity index (χ4v) is 3.88. The molecule has 2 aromatic heterocycles. The van der Waals surface area contributed by atoms with Gasteiger partial charge in [-0.3, -0.25) is 4.79 Å². The van der Waals surface area contributed by atoms with E-state index in [0.717, 1.165) is 17.7 Å². The first kappa shape index (κ1) is 10.8. The second-order valence-corrected chi connectivity index (χ2v) is 5.67. The molecule has 80 valence electrons. The van der Waals surface area contributed by atoms with Crippen LogP contribution < -0.4 is 0 Å². The van der Waals surface area contributed by atoms with Crippen molar-refractivity contribution < 1.29 is 4.79 Å². The van der Waals surface area contributed by atoms with Gasteiger partial charge in [0, 0.05) is 15.3 Å². The van der Waals surface area contributed by atoms with Crippen LogP contribution in [0.2, 0.25) is 0 Å². The van der Waals surface area contributed by atoms with E-state index in [2.05, 4.69) is 25.3 Å². The first-order valence-electron chi connectivity index (χ1n) is 5.27. The van der Waals surface area contributed by atoms with Gasteiger partial charge in [-0.1, -0.05) is 13.8 Å². The van der Waals surface area contributed by atoms with Crippen LogP contribution in [0.1, 0.15) is 36.4 Å². The summed E-state index contributed by atoms with van der Waals surface area (Å²) in [5.74, 6) is 0.533. The van der Waals surface area contributed by atoms with E-state index >= 15 is 0 Å². The zero-order chi connectivity index (χ0) is 10.8. The molecule has 0 fully saturated rings. The van der Waals surface area contributed by atoms with Crippen molar-refractivity contribution in [3.05, 3.63) is 22.4 Å². The van der Waals surface area contributed by atoms with Crippen LogP contribution in [0.3, 0.4) is 0 Å². The molecule has 2 heterocycles. The lowest BCUT2D eigenvalue weighted by atomic mass is 9.97. The molecule has 0 N–H and O–H groups in total. The SMILES string of the molecule is CCC(CC)C(=O)c1cc2sccc2s1. The standard InChI is InChI=1S/C12H14OS2/c1-3-8(4-2)12(13)11-7-10-9(15-11)5-6-14-10/h5-8H,3-4H2,1-2H3. The highest BCUT2D eigenvalue weighted by atomic mass is 32.1. The third kappa shape index (κ3) is 1.99. The van der Waals surface area contributed by atoms with Gasteiger partial charge in [-0.25, -0.2) is 0 Å². The second kappa shape index (κ2) is 4.45. The summed E-state index contributed by atoms with van der Waals surface area (Å²) in [6.07, 6.45) is 1.89. The van der Waals surface area contributed by atoms with Gasteiger partial charge in [-0.15, -0.1) is 22.7 Å². The largest absolute Gasteiger partial charge is 0.293 e. The van der Waals surface area contributed by atoms with Crippen molar-refractivity contribution >= 4 is 37.9 Å². The second-order valence-electron chi connectivity index (χ2n) is 3.64. The van der Waals surface area contributed by atoms with Crippen molar-refractivity contribution in [3.8, 4) is 0 Å². The Labute approximate surface area is 97.7 Å². The Morgan fingerprint density at radius 3 is 2.67 bits per heavy atom. The third-order valence-corrected chi connectivity index (χ3v) is 4.85. The number of carbonyl (C=O) groups is 1. The zero-order valence-corrected chi connectivity index (χ0v) is 10.6. The molecule has 2 rings (SSSR count). The van der Waals surface area contributed by atoms with Gasteiger partial charge >= 0.3 is 0 Å². The van der Waals surface area contributed by atoms with Crippen molar-refractivity contribution in [2.45, 2.75) is 26.7 Å². The van der Waals surface area contributed by atoms with Gasteiger partial charge in [0.2, 0.25) is 0 Å². The van der Waals surface area contributed by atoms with E-state index in [-0.39, 0.29) is 5.92 Å². The van der Waals surface area contributed by atoms with Crippen LogP contribution in [0.4, 0.5) is 0 Å². The number of thiophene rings is 2. The van der Waals surface area contributed by atoms with Crippen molar-refractivity contribution in [2.24, 2.45) is 5.92 Å². The van der Waals surface area contributed by atoms with Gasteiger partial charge in [-0.05, 0) is 30.4 Å². The zero-order valence-electron chi connectivity index (χ0n) is 8.95. The van der Waals surface area contributed by atoms with Crippen LogP contribution in [0, 0.1) is 5.92 Å². The molecule has 0 aliphatic carbocycles. The maximum absolute atomic E-state index is 12.1. The predicted octanol–water partition coefficient (Wildman–Crippen LogP) is 4.58. The molecular formula is C12H14OS2. The smallest absolute Gasteiger partial charge is 0.175 e. The molecule has 0 bridgehead atoms. The minimum Gasteiger partial charge on any atom is -0.293 e. The summed E-state index contributed by atoms with van der Waals surface area (Å²) in [6, 6.07) is 4.14. The molecule has 0 unspecified atom stereocenters. The van der Waals surface area contributed by atoms with E-state index in [9.17, 15) is 4.79 Å².